The Labute approximate surface area is 140 Å². The molecule has 1 amide bonds. The lowest BCUT2D eigenvalue weighted by Gasteiger charge is -2.10. The lowest BCUT2D eigenvalue weighted by molar-refractivity contribution is -0.120. The Balaban J connectivity index is 2.35. The van der Waals surface area contributed by atoms with Gasteiger partial charge in [0.15, 0.2) is 0 Å². The average Bonchev–Trinajstić information content (AvgIpc) is 3.23. The molecule has 23 heavy (non-hydrogen) atoms. The first-order valence-corrected chi connectivity index (χ1v) is 9.90. The van der Waals surface area contributed by atoms with Crippen molar-refractivity contribution in [3.63, 3.8) is 0 Å². The minimum atomic E-state index is -3.75. The quantitative estimate of drug-likeness (QED) is 0.374. The number of sulfonamides is 1. The fourth-order valence-corrected chi connectivity index (χ4v) is 2.93. The van der Waals surface area contributed by atoms with Crippen LogP contribution >= 0.6 is 0 Å². The van der Waals surface area contributed by atoms with Gasteiger partial charge in [0.2, 0.25) is 11.8 Å². The molecule has 1 aliphatic rings. The second-order valence-corrected chi connectivity index (χ2v) is 8.00. The molecule has 2 atom stereocenters. The fraction of sp³-hybridized carbons (Fsp3) is 0.706. The van der Waals surface area contributed by atoms with Crippen LogP contribution < -0.4 is 4.72 Å². The zero-order chi connectivity index (χ0) is 17.5. The molecule has 1 rings (SSSR count). The van der Waals surface area contributed by atoms with Gasteiger partial charge in [-0.05, 0) is 51.5 Å². The summed E-state index contributed by atoms with van der Waals surface area (Å²) < 4.78 is 30.9. The largest absolute Gasteiger partial charge is 0.480 e. The molecule has 0 saturated heterocycles. The van der Waals surface area contributed by atoms with Gasteiger partial charge in [0.1, 0.15) is 0 Å². The summed E-state index contributed by atoms with van der Waals surface area (Å²) in [4.78, 5) is 12.0. The molecule has 1 N–H and O–H groups in total. The van der Waals surface area contributed by atoms with Gasteiger partial charge in [-0.3, -0.25) is 4.79 Å². The van der Waals surface area contributed by atoms with E-state index in [1.807, 2.05) is 19.9 Å². The molecule has 2 unspecified atom stereocenters. The summed E-state index contributed by atoms with van der Waals surface area (Å²) in [5, 5.41) is 0. The standard InChI is InChI=1S/C17H29NO4S/c1-5-6-7-8-9-10-15-11-16(15)17(19)18-23(20,21)12-22-14(4)13(2)3/h9-10,15-16H,5-8,11-12H2,1-4H3,(H,18,19)/b10-9-. The normalized spacial score (nSPS) is 20.3. The van der Waals surface area contributed by atoms with E-state index in [1.54, 1.807) is 6.92 Å². The number of ether oxygens (including phenoxy) is 1. The molecule has 0 heterocycles. The highest BCUT2D eigenvalue weighted by Crippen LogP contribution is 2.40. The van der Waals surface area contributed by atoms with E-state index < -0.39 is 21.9 Å². The van der Waals surface area contributed by atoms with Crippen LogP contribution in [0, 0.1) is 11.8 Å². The Hall–Kier alpha value is -1.30. The number of rotatable bonds is 10. The van der Waals surface area contributed by atoms with Crippen LogP contribution in [0.5, 0.6) is 0 Å². The second kappa shape index (κ2) is 9.11. The predicted octanol–water partition coefficient (Wildman–Crippen LogP) is 3.49. The van der Waals surface area contributed by atoms with Gasteiger partial charge >= 0.3 is 0 Å². The molecular formula is C17H29NO4S. The molecule has 0 radical (unpaired) electrons. The van der Waals surface area contributed by atoms with E-state index in [4.69, 9.17) is 4.74 Å². The van der Waals surface area contributed by atoms with Crippen LogP contribution in [0.25, 0.3) is 0 Å². The molecule has 5 nitrogen and oxygen atoms in total. The van der Waals surface area contributed by atoms with Crippen molar-refractivity contribution in [3.8, 4) is 0 Å². The Morgan fingerprint density at radius 1 is 1.26 bits per heavy atom. The zero-order valence-electron chi connectivity index (χ0n) is 14.6. The summed E-state index contributed by atoms with van der Waals surface area (Å²) in [5.41, 5.74) is 0.905. The van der Waals surface area contributed by atoms with E-state index in [0.717, 1.165) is 24.8 Å². The van der Waals surface area contributed by atoms with Crippen molar-refractivity contribution >= 4 is 15.9 Å². The van der Waals surface area contributed by atoms with Crippen molar-refractivity contribution in [2.75, 3.05) is 5.94 Å². The summed E-state index contributed by atoms with van der Waals surface area (Å²) >= 11 is 0. The molecule has 0 spiro atoms. The van der Waals surface area contributed by atoms with Crippen LogP contribution in [0.2, 0.25) is 0 Å². The maximum Gasteiger partial charge on any atom is 0.270 e. The van der Waals surface area contributed by atoms with E-state index in [0.29, 0.717) is 5.76 Å². The minimum Gasteiger partial charge on any atom is -0.480 e. The Morgan fingerprint density at radius 2 is 1.96 bits per heavy atom. The van der Waals surface area contributed by atoms with Gasteiger partial charge in [-0.1, -0.05) is 31.9 Å². The number of amides is 1. The molecular weight excluding hydrogens is 314 g/mol. The van der Waals surface area contributed by atoms with Gasteiger partial charge in [0.05, 0.1) is 5.76 Å². The SMILES string of the molecule is CCCCC/C=C\C1CC1C(=O)NS(=O)(=O)COC(C)=C(C)C. The van der Waals surface area contributed by atoms with Crippen molar-refractivity contribution in [3.05, 3.63) is 23.5 Å². The number of unbranched alkanes of at least 4 members (excludes halogenated alkanes) is 3. The highest BCUT2D eigenvalue weighted by Gasteiger charge is 2.42. The predicted molar refractivity (Wildman–Crippen MR) is 91.9 cm³/mol. The topological polar surface area (TPSA) is 72.5 Å². The summed E-state index contributed by atoms with van der Waals surface area (Å²) in [6.07, 6.45) is 9.44. The van der Waals surface area contributed by atoms with Crippen molar-refractivity contribution in [2.45, 2.75) is 59.8 Å². The number of carbonyl (C=O) groups is 1. The molecule has 6 heteroatoms. The summed E-state index contributed by atoms with van der Waals surface area (Å²) in [5.74, 6) is -0.446. The van der Waals surface area contributed by atoms with Gasteiger partial charge in [-0.15, -0.1) is 0 Å². The molecule has 1 fully saturated rings. The first-order chi connectivity index (χ1) is 10.8. The van der Waals surface area contributed by atoms with E-state index in [1.165, 1.54) is 12.8 Å². The fourth-order valence-electron chi connectivity index (χ4n) is 2.08. The van der Waals surface area contributed by atoms with E-state index >= 15 is 0 Å². The van der Waals surface area contributed by atoms with Crippen LogP contribution in [0.3, 0.4) is 0 Å². The summed E-state index contributed by atoms with van der Waals surface area (Å²) in [6, 6.07) is 0. The van der Waals surface area contributed by atoms with Gasteiger partial charge in [-0.2, -0.15) is 0 Å². The third kappa shape index (κ3) is 7.68. The maximum atomic E-state index is 12.0. The number of hydrogen-bond donors (Lipinski definition) is 1. The highest BCUT2D eigenvalue weighted by molar-refractivity contribution is 7.89. The molecule has 0 bridgehead atoms. The maximum absolute atomic E-state index is 12.0. The number of nitrogens with one attached hydrogen (secondary N) is 1. The summed E-state index contributed by atoms with van der Waals surface area (Å²) in [7, 11) is -3.75. The van der Waals surface area contributed by atoms with Crippen molar-refractivity contribution in [1.29, 1.82) is 0 Å². The van der Waals surface area contributed by atoms with Gasteiger partial charge in [-0.25, -0.2) is 13.1 Å². The second-order valence-electron chi connectivity index (χ2n) is 6.33. The molecule has 0 aromatic rings. The lowest BCUT2D eigenvalue weighted by atomic mass is 10.2. The van der Waals surface area contributed by atoms with E-state index in [2.05, 4.69) is 17.7 Å². The molecule has 1 aliphatic carbocycles. The van der Waals surface area contributed by atoms with E-state index in [9.17, 15) is 13.2 Å². The van der Waals surface area contributed by atoms with Gasteiger partial charge < -0.3 is 4.74 Å². The van der Waals surface area contributed by atoms with Gasteiger partial charge in [0.25, 0.3) is 10.0 Å². The van der Waals surface area contributed by atoms with Crippen LogP contribution in [0.15, 0.2) is 23.5 Å². The van der Waals surface area contributed by atoms with Crippen molar-refractivity contribution in [1.82, 2.24) is 4.72 Å². The molecule has 0 aromatic carbocycles. The first-order valence-electron chi connectivity index (χ1n) is 8.24. The van der Waals surface area contributed by atoms with Crippen LogP contribution in [0.4, 0.5) is 0 Å². The number of allylic oxidation sites excluding steroid dienone is 4. The molecule has 132 valence electrons. The third-order valence-electron chi connectivity index (χ3n) is 3.92. The molecule has 1 saturated carbocycles. The van der Waals surface area contributed by atoms with Crippen molar-refractivity contribution < 1.29 is 17.9 Å². The minimum absolute atomic E-state index is 0.173. The summed E-state index contributed by atoms with van der Waals surface area (Å²) in [6.45, 7) is 7.53. The average molecular weight is 343 g/mol. The first kappa shape index (κ1) is 19.7. The smallest absolute Gasteiger partial charge is 0.270 e. The van der Waals surface area contributed by atoms with E-state index in [-0.39, 0.29) is 11.8 Å². The van der Waals surface area contributed by atoms with Gasteiger partial charge in [0, 0.05) is 5.92 Å². The van der Waals surface area contributed by atoms with Crippen LogP contribution in [-0.2, 0) is 19.6 Å². The molecule has 0 aromatic heterocycles. The van der Waals surface area contributed by atoms with Crippen molar-refractivity contribution in [2.24, 2.45) is 11.8 Å². The Kier molecular flexibility index (Phi) is 7.82. The monoisotopic (exact) mass is 343 g/mol. The lowest BCUT2D eigenvalue weighted by Crippen LogP contribution is -2.34. The zero-order valence-corrected chi connectivity index (χ0v) is 15.4. The molecule has 0 aliphatic heterocycles. The highest BCUT2D eigenvalue weighted by atomic mass is 32.2. The van der Waals surface area contributed by atoms with Crippen LogP contribution in [0.1, 0.15) is 59.8 Å². The Morgan fingerprint density at radius 3 is 2.57 bits per heavy atom. The number of carbonyl (C=O) groups excluding carboxylic acids is 1. The third-order valence-corrected chi connectivity index (χ3v) is 4.87. The Bertz CT molecular complexity index is 559. The van der Waals surface area contributed by atoms with Crippen LogP contribution in [-0.4, -0.2) is 20.3 Å². The number of hydrogen-bond acceptors (Lipinski definition) is 4.